The molecule has 3 aromatic rings. The summed E-state index contributed by atoms with van der Waals surface area (Å²) in [6.45, 7) is 0. The Hall–Kier alpha value is -3.37. The van der Waals surface area contributed by atoms with Crippen LogP contribution >= 0.6 is 0 Å². The lowest BCUT2D eigenvalue weighted by atomic mass is 10.0. The third-order valence-corrected chi connectivity index (χ3v) is 6.07. The van der Waals surface area contributed by atoms with Crippen LogP contribution in [0.1, 0.15) is 5.56 Å². The van der Waals surface area contributed by atoms with E-state index in [-0.39, 0.29) is 5.56 Å². The van der Waals surface area contributed by atoms with Crippen LogP contribution in [-0.4, -0.2) is 14.6 Å². The van der Waals surface area contributed by atoms with Crippen molar-refractivity contribution in [3.63, 3.8) is 0 Å². The molecule has 0 atom stereocenters. The van der Waals surface area contributed by atoms with E-state index in [0.29, 0.717) is 0 Å². The molecular weight excluding hydrogens is 399 g/mol. The molecule has 0 radical (unpaired) electrons. The number of halogens is 3. The van der Waals surface area contributed by atoms with E-state index in [0.717, 1.165) is 23.3 Å². The second-order valence-corrected chi connectivity index (χ2v) is 7.96. The second kappa shape index (κ2) is 7.94. The minimum Gasteiger partial charge on any atom is -0.218 e. The summed E-state index contributed by atoms with van der Waals surface area (Å²) in [5.74, 6) is 0. The van der Waals surface area contributed by atoms with E-state index < -0.39 is 31.4 Å². The lowest BCUT2D eigenvalue weighted by Crippen LogP contribution is -2.22. The number of benzene rings is 3. The van der Waals surface area contributed by atoms with Crippen molar-refractivity contribution in [2.24, 2.45) is 0 Å². The molecular formula is C22H14F3NO2S. The number of alkyl halides is 3. The Labute approximate surface area is 166 Å². The molecule has 7 heteroatoms. The molecule has 0 saturated carbocycles. The van der Waals surface area contributed by atoms with E-state index in [1.807, 2.05) is 30.3 Å². The summed E-state index contributed by atoms with van der Waals surface area (Å²) >= 11 is 0. The van der Waals surface area contributed by atoms with Gasteiger partial charge in [0.1, 0.15) is 6.07 Å². The molecule has 0 unspecified atom stereocenters. The number of rotatable bonds is 4. The smallest absolute Gasteiger partial charge is 0.218 e. The van der Waals surface area contributed by atoms with Gasteiger partial charge < -0.3 is 0 Å². The molecule has 0 amide bonds. The molecule has 29 heavy (non-hydrogen) atoms. The van der Waals surface area contributed by atoms with Gasteiger partial charge in [-0.05, 0) is 28.8 Å². The molecule has 0 fully saturated rings. The summed E-state index contributed by atoms with van der Waals surface area (Å²) in [6.07, 6.45) is -5.24. The molecule has 0 spiro atoms. The van der Waals surface area contributed by atoms with Crippen LogP contribution in [0.4, 0.5) is 13.2 Å². The number of nitrogens with zero attached hydrogens (tertiary/aromatic N) is 1. The molecule has 0 saturated heterocycles. The van der Waals surface area contributed by atoms with Crippen LogP contribution in [0.5, 0.6) is 0 Å². The molecule has 0 bridgehead atoms. The predicted molar refractivity (Wildman–Crippen MR) is 104 cm³/mol. The van der Waals surface area contributed by atoms with Crippen molar-refractivity contribution in [3.05, 3.63) is 95.4 Å². The number of hydrogen-bond acceptors (Lipinski definition) is 3. The molecule has 0 aliphatic heterocycles. The zero-order valence-corrected chi connectivity index (χ0v) is 15.7. The van der Waals surface area contributed by atoms with Crippen LogP contribution in [0.3, 0.4) is 0 Å². The number of sulfone groups is 1. The van der Waals surface area contributed by atoms with Gasteiger partial charge in [-0.2, -0.15) is 18.4 Å². The molecule has 0 heterocycles. The summed E-state index contributed by atoms with van der Waals surface area (Å²) in [5, 5.41) is 9.44. The first-order valence-electron chi connectivity index (χ1n) is 8.42. The van der Waals surface area contributed by atoms with Gasteiger partial charge in [0.15, 0.2) is 4.91 Å². The van der Waals surface area contributed by atoms with Crippen LogP contribution in [0, 0.1) is 11.3 Å². The monoisotopic (exact) mass is 413 g/mol. The summed E-state index contributed by atoms with van der Waals surface area (Å²) in [5.41, 5.74) is 0.501. The van der Waals surface area contributed by atoms with Gasteiger partial charge in [-0.3, -0.25) is 0 Å². The number of nitriles is 1. The Kier molecular flexibility index (Phi) is 5.57. The highest BCUT2D eigenvalue weighted by atomic mass is 32.2. The van der Waals surface area contributed by atoms with Crippen molar-refractivity contribution >= 4 is 15.4 Å². The normalized spacial score (nSPS) is 12.8. The van der Waals surface area contributed by atoms with Gasteiger partial charge in [0.2, 0.25) is 9.84 Å². The standard InChI is InChI=1S/C22H14F3NO2S/c23-22(24,25)21(29(27,28)19-9-5-2-6-10-19)20(15-26)18-13-11-17(12-14-18)16-7-3-1-4-8-16/h1-14H/b21-20+. The Morgan fingerprint density at radius 2 is 1.24 bits per heavy atom. The Morgan fingerprint density at radius 3 is 1.72 bits per heavy atom. The van der Waals surface area contributed by atoms with Crippen LogP contribution in [0.25, 0.3) is 16.7 Å². The van der Waals surface area contributed by atoms with Gasteiger partial charge in [0, 0.05) is 0 Å². The minimum absolute atomic E-state index is 0.126. The first kappa shape index (κ1) is 20.4. The van der Waals surface area contributed by atoms with Gasteiger partial charge in [0.25, 0.3) is 0 Å². The van der Waals surface area contributed by atoms with Crippen molar-refractivity contribution < 1.29 is 21.6 Å². The fourth-order valence-electron chi connectivity index (χ4n) is 2.85. The molecule has 3 aromatic carbocycles. The van der Waals surface area contributed by atoms with E-state index in [9.17, 15) is 26.9 Å². The highest BCUT2D eigenvalue weighted by molar-refractivity contribution is 7.95. The van der Waals surface area contributed by atoms with Crippen LogP contribution < -0.4 is 0 Å². The number of allylic oxidation sites excluding steroid dienone is 2. The lowest BCUT2D eigenvalue weighted by Gasteiger charge is -2.15. The van der Waals surface area contributed by atoms with Gasteiger partial charge in [-0.15, -0.1) is 0 Å². The third-order valence-electron chi connectivity index (χ3n) is 4.20. The molecule has 0 aromatic heterocycles. The molecule has 146 valence electrons. The fraction of sp³-hybridized carbons (Fsp3) is 0.0455. The van der Waals surface area contributed by atoms with Crippen molar-refractivity contribution in [2.45, 2.75) is 11.1 Å². The lowest BCUT2D eigenvalue weighted by molar-refractivity contribution is -0.0838. The Bertz CT molecular complexity index is 1180. The zero-order valence-electron chi connectivity index (χ0n) is 14.9. The van der Waals surface area contributed by atoms with Crippen molar-refractivity contribution in [1.29, 1.82) is 5.26 Å². The Morgan fingerprint density at radius 1 is 0.759 bits per heavy atom. The molecule has 0 N–H and O–H groups in total. The van der Waals surface area contributed by atoms with Crippen molar-refractivity contribution in [1.82, 2.24) is 0 Å². The van der Waals surface area contributed by atoms with E-state index >= 15 is 0 Å². The third kappa shape index (κ3) is 4.23. The highest BCUT2D eigenvalue weighted by Gasteiger charge is 2.46. The first-order valence-corrected chi connectivity index (χ1v) is 9.91. The maximum atomic E-state index is 13.8. The van der Waals surface area contributed by atoms with Gasteiger partial charge in [0.05, 0.1) is 10.5 Å². The highest BCUT2D eigenvalue weighted by Crippen LogP contribution is 2.39. The first-order chi connectivity index (χ1) is 13.7. The maximum Gasteiger partial charge on any atom is 0.428 e. The van der Waals surface area contributed by atoms with E-state index in [2.05, 4.69) is 0 Å². The quantitative estimate of drug-likeness (QED) is 0.521. The number of hydrogen-bond donors (Lipinski definition) is 0. The van der Waals surface area contributed by atoms with Crippen LogP contribution in [0.2, 0.25) is 0 Å². The Balaban J connectivity index is 2.19. The average molecular weight is 413 g/mol. The average Bonchev–Trinajstić information content (AvgIpc) is 2.72. The van der Waals surface area contributed by atoms with Crippen LogP contribution in [0.15, 0.2) is 94.7 Å². The minimum atomic E-state index is -5.24. The van der Waals surface area contributed by atoms with Crippen molar-refractivity contribution in [2.75, 3.05) is 0 Å². The summed E-state index contributed by atoms with van der Waals surface area (Å²) in [4.78, 5) is -2.40. The molecule has 3 nitrogen and oxygen atoms in total. The maximum absolute atomic E-state index is 13.8. The van der Waals surface area contributed by atoms with E-state index in [1.165, 1.54) is 36.4 Å². The van der Waals surface area contributed by atoms with Gasteiger partial charge in [-0.1, -0.05) is 72.8 Å². The summed E-state index contributed by atoms with van der Waals surface area (Å²) in [6, 6.07) is 22.5. The van der Waals surface area contributed by atoms with Crippen LogP contribution in [-0.2, 0) is 9.84 Å². The SMILES string of the molecule is N#C/C(=C(/C(F)(F)F)S(=O)(=O)c1ccccc1)c1ccc(-c2ccccc2)cc1. The topological polar surface area (TPSA) is 57.9 Å². The summed E-state index contributed by atoms with van der Waals surface area (Å²) < 4.78 is 66.8. The fourth-order valence-corrected chi connectivity index (χ4v) is 4.34. The van der Waals surface area contributed by atoms with E-state index in [1.54, 1.807) is 12.1 Å². The second-order valence-electron chi connectivity index (χ2n) is 6.07. The largest absolute Gasteiger partial charge is 0.428 e. The summed E-state index contributed by atoms with van der Waals surface area (Å²) in [7, 11) is -4.95. The van der Waals surface area contributed by atoms with Crippen molar-refractivity contribution in [3.8, 4) is 17.2 Å². The zero-order chi connectivity index (χ0) is 21.1. The molecule has 3 rings (SSSR count). The molecule has 0 aliphatic rings. The van der Waals surface area contributed by atoms with Gasteiger partial charge in [-0.25, -0.2) is 8.42 Å². The van der Waals surface area contributed by atoms with E-state index in [4.69, 9.17) is 0 Å². The van der Waals surface area contributed by atoms with Gasteiger partial charge >= 0.3 is 6.18 Å². The predicted octanol–water partition coefficient (Wildman–Crippen LogP) is 5.62. The molecule has 0 aliphatic carbocycles.